The maximum absolute atomic E-state index is 12.2. The third-order valence-electron chi connectivity index (χ3n) is 2.84. The minimum Gasteiger partial charge on any atom is -0.478 e. The van der Waals surface area contributed by atoms with Crippen molar-refractivity contribution in [2.45, 2.75) is 24.3 Å². The first kappa shape index (κ1) is 15.3. The summed E-state index contributed by atoms with van der Waals surface area (Å²) in [7, 11) is -3.77. The van der Waals surface area contributed by atoms with Gasteiger partial charge in [0.15, 0.2) is 0 Å². The Morgan fingerprint density at radius 2 is 2.10 bits per heavy atom. The fraction of sp³-hybridized carbons (Fsp3) is 0.214. The Hall–Kier alpha value is -2.12. The number of furan rings is 1. The zero-order valence-corrected chi connectivity index (χ0v) is 12.1. The van der Waals surface area contributed by atoms with E-state index in [1.807, 2.05) is 0 Å². The van der Waals surface area contributed by atoms with Gasteiger partial charge in [-0.25, -0.2) is 17.9 Å². The molecule has 1 heterocycles. The van der Waals surface area contributed by atoms with Crippen LogP contribution in [0.4, 0.5) is 0 Å². The third kappa shape index (κ3) is 3.93. The van der Waals surface area contributed by atoms with Crippen LogP contribution in [-0.4, -0.2) is 25.5 Å². The molecule has 21 heavy (non-hydrogen) atoms. The van der Waals surface area contributed by atoms with Crippen molar-refractivity contribution in [3.05, 3.63) is 54.0 Å². The standard InChI is InChI=1S/C14H15NO5S/c1-10(8-12-5-3-7-20-12)15-21(18,19)13-6-2-4-11(9-13)14(16)17/h2-7,9-10,15H,8H2,1H3,(H,16,17). The smallest absolute Gasteiger partial charge is 0.335 e. The van der Waals surface area contributed by atoms with Gasteiger partial charge in [0.1, 0.15) is 5.76 Å². The molecule has 7 heteroatoms. The van der Waals surface area contributed by atoms with Crippen molar-refractivity contribution in [3.8, 4) is 0 Å². The minimum atomic E-state index is -3.77. The molecule has 1 aromatic heterocycles. The van der Waals surface area contributed by atoms with E-state index in [0.29, 0.717) is 12.2 Å². The van der Waals surface area contributed by atoms with E-state index in [1.54, 1.807) is 19.1 Å². The maximum atomic E-state index is 12.2. The van der Waals surface area contributed by atoms with Crippen molar-refractivity contribution >= 4 is 16.0 Å². The first-order valence-electron chi connectivity index (χ1n) is 6.26. The first-order valence-corrected chi connectivity index (χ1v) is 7.75. The largest absolute Gasteiger partial charge is 0.478 e. The van der Waals surface area contributed by atoms with E-state index in [4.69, 9.17) is 9.52 Å². The second kappa shape index (κ2) is 6.11. The van der Waals surface area contributed by atoms with Crippen molar-refractivity contribution in [2.75, 3.05) is 0 Å². The van der Waals surface area contributed by atoms with Crippen LogP contribution in [0, 0.1) is 0 Å². The van der Waals surface area contributed by atoms with Crippen molar-refractivity contribution < 1.29 is 22.7 Å². The van der Waals surface area contributed by atoms with Crippen LogP contribution in [0.5, 0.6) is 0 Å². The normalized spacial score (nSPS) is 13.0. The molecule has 0 aliphatic rings. The van der Waals surface area contributed by atoms with Gasteiger partial charge in [0, 0.05) is 12.5 Å². The number of benzene rings is 1. The van der Waals surface area contributed by atoms with Crippen molar-refractivity contribution in [2.24, 2.45) is 0 Å². The minimum absolute atomic E-state index is 0.0726. The summed E-state index contributed by atoms with van der Waals surface area (Å²) in [5.41, 5.74) is -0.0726. The Morgan fingerprint density at radius 1 is 1.33 bits per heavy atom. The molecule has 2 N–H and O–H groups in total. The highest BCUT2D eigenvalue weighted by Gasteiger charge is 2.19. The fourth-order valence-electron chi connectivity index (χ4n) is 1.90. The van der Waals surface area contributed by atoms with Crippen LogP contribution in [0.1, 0.15) is 23.0 Å². The molecule has 0 radical (unpaired) electrons. The molecule has 0 saturated heterocycles. The summed E-state index contributed by atoms with van der Waals surface area (Å²) in [5.74, 6) is -0.500. The number of rotatable bonds is 6. The summed E-state index contributed by atoms with van der Waals surface area (Å²) in [6, 6.07) is 8.33. The van der Waals surface area contributed by atoms with Crippen LogP contribution in [0.3, 0.4) is 0 Å². The molecule has 0 spiro atoms. The van der Waals surface area contributed by atoms with E-state index in [9.17, 15) is 13.2 Å². The molecule has 0 amide bonds. The number of carbonyl (C=O) groups is 1. The zero-order valence-electron chi connectivity index (χ0n) is 11.3. The molecule has 0 aliphatic heterocycles. The molecule has 0 bridgehead atoms. The number of hydrogen-bond donors (Lipinski definition) is 2. The first-order chi connectivity index (χ1) is 9.88. The number of sulfonamides is 1. The molecule has 0 saturated carbocycles. The second-order valence-electron chi connectivity index (χ2n) is 4.64. The average molecular weight is 309 g/mol. The summed E-state index contributed by atoms with van der Waals surface area (Å²) >= 11 is 0. The van der Waals surface area contributed by atoms with Gasteiger partial charge in [-0.05, 0) is 37.3 Å². The SMILES string of the molecule is CC(Cc1ccco1)NS(=O)(=O)c1cccc(C(=O)O)c1. The van der Waals surface area contributed by atoms with Gasteiger partial charge in [-0.15, -0.1) is 0 Å². The van der Waals surface area contributed by atoms with Gasteiger partial charge < -0.3 is 9.52 Å². The number of aromatic carboxylic acids is 1. The molecule has 112 valence electrons. The predicted molar refractivity (Wildman–Crippen MR) is 75.6 cm³/mol. The van der Waals surface area contributed by atoms with Crippen molar-refractivity contribution in [1.29, 1.82) is 0 Å². The van der Waals surface area contributed by atoms with Gasteiger partial charge in [-0.3, -0.25) is 0 Å². The van der Waals surface area contributed by atoms with Crippen molar-refractivity contribution in [3.63, 3.8) is 0 Å². The van der Waals surface area contributed by atoms with Gasteiger partial charge in [0.05, 0.1) is 16.7 Å². The summed E-state index contributed by atoms with van der Waals surface area (Å²) in [6.45, 7) is 1.71. The number of carboxylic acid groups (broad SMARTS) is 1. The van der Waals surface area contributed by atoms with E-state index < -0.39 is 16.0 Å². The Balaban J connectivity index is 2.14. The molecular formula is C14H15NO5S. The topological polar surface area (TPSA) is 96.6 Å². The fourth-order valence-corrected chi connectivity index (χ4v) is 3.19. The maximum Gasteiger partial charge on any atom is 0.335 e. The molecular weight excluding hydrogens is 294 g/mol. The van der Waals surface area contributed by atoms with Crippen LogP contribution in [-0.2, 0) is 16.4 Å². The highest BCUT2D eigenvalue weighted by Crippen LogP contribution is 2.13. The van der Waals surface area contributed by atoms with E-state index in [1.165, 1.54) is 24.5 Å². The van der Waals surface area contributed by atoms with Gasteiger partial charge in [0.2, 0.25) is 10.0 Å². The van der Waals surface area contributed by atoms with Crippen molar-refractivity contribution in [1.82, 2.24) is 4.72 Å². The molecule has 1 aromatic carbocycles. The molecule has 6 nitrogen and oxygen atoms in total. The lowest BCUT2D eigenvalue weighted by atomic mass is 10.2. The van der Waals surface area contributed by atoms with Crippen LogP contribution in [0.15, 0.2) is 52.0 Å². The Kier molecular flexibility index (Phi) is 4.44. The second-order valence-corrected chi connectivity index (χ2v) is 6.35. The van der Waals surface area contributed by atoms with Crippen LogP contribution in [0.25, 0.3) is 0 Å². The number of carboxylic acids is 1. The zero-order chi connectivity index (χ0) is 15.5. The van der Waals surface area contributed by atoms with Crippen LogP contribution < -0.4 is 4.72 Å². The molecule has 2 rings (SSSR count). The molecule has 0 aliphatic carbocycles. The Bertz CT molecular complexity index is 722. The average Bonchev–Trinajstić information content (AvgIpc) is 2.91. The predicted octanol–water partition coefficient (Wildman–Crippen LogP) is 1.89. The lowest BCUT2D eigenvalue weighted by molar-refractivity contribution is 0.0696. The number of nitrogens with one attached hydrogen (secondary N) is 1. The van der Waals surface area contributed by atoms with Gasteiger partial charge in [-0.1, -0.05) is 6.07 Å². The molecule has 1 atom stereocenters. The van der Waals surface area contributed by atoms with E-state index in [-0.39, 0.29) is 16.5 Å². The Morgan fingerprint density at radius 3 is 2.71 bits per heavy atom. The molecule has 2 aromatic rings. The van der Waals surface area contributed by atoms with Crippen LogP contribution >= 0.6 is 0 Å². The quantitative estimate of drug-likeness (QED) is 0.849. The monoisotopic (exact) mass is 309 g/mol. The summed E-state index contributed by atoms with van der Waals surface area (Å²) in [4.78, 5) is 10.8. The molecule has 1 unspecified atom stereocenters. The van der Waals surface area contributed by atoms with E-state index in [0.717, 1.165) is 6.07 Å². The van der Waals surface area contributed by atoms with Gasteiger partial charge >= 0.3 is 5.97 Å². The van der Waals surface area contributed by atoms with E-state index >= 15 is 0 Å². The lowest BCUT2D eigenvalue weighted by Crippen LogP contribution is -2.34. The van der Waals surface area contributed by atoms with E-state index in [2.05, 4.69) is 4.72 Å². The lowest BCUT2D eigenvalue weighted by Gasteiger charge is -2.13. The Labute approximate surface area is 122 Å². The van der Waals surface area contributed by atoms with Crippen LogP contribution in [0.2, 0.25) is 0 Å². The summed E-state index contributed by atoms with van der Waals surface area (Å²) in [6.07, 6.45) is 1.93. The summed E-state index contributed by atoms with van der Waals surface area (Å²) in [5, 5.41) is 8.90. The number of hydrogen-bond acceptors (Lipinski definition) is 4. The highest BCUT2D eigenvalue weighted by molar-refractivity contribution is 7.89. The van der Waals surface area contributed by atoms with Gasteiger partial charge in [-0.2, -0.15) is 0 Å². The van der Waals surface area contributed by atoms with Gasteiger partial charge in [0.25, 0.3) is 0 Å². The highest BCUT2D eigenvalue weighted by atomic mass is 32.2. The molecule has 0 fully saturated rings. The summed E-state index contributed by atoms with van der Waals surface area (Å²) < 4.78 is 32.1. The third-order valence-corrected chi connectivity index (χ3v) is 4.42.